The monoisotopic (exact) mass is 567 g/mol. The molecule has 0 radical (unpaired) electrons. The van der Waals surface area contributed by atoms with E-state index in [1.54, 1.807) is 36.4 Å². The summed E-state index contributed by atoms with van der Waals surface area (Å²) in [4.78, 5) is 32.9. The quantitative estimate of drug-likeness (QED) is 0.0736. The molecule has 0 amide bonds. The molecule has 206 valence electrons. The van der Waals surface area contributed by atoms with Gasteiger partial charge in [-0.2, -0.15) is 0 Å². The number of nitro benzene ring substituents is 3. The zero-order chi connectivity index (χ0) is 29.7. The van der Waals surface area contributed by atoms with Crippen LogP contribution in [0.25, 0.3) is 11.0 Å². The standard InChI is InChI=1S/C30H27BN3O6P/c1-21-4-6-22(7-5-21)29(20-41(2)3)30(23-8-14-26(15-9-23)32(35)36)31(24-10-16-27(17-11-24)33(37)38)25-12-18-28(19-13-25)34(39)40/h4-19H,20H2,1-3H3/b30-29+. The second-order valence-corrected chi connectivity index (χ2v) is 12.4. The van der Waals surface area contributed by atoms with Gasteiger partial charge in [-0.1, -0.05) is 70.5 Å². The minimum absolute atomic E-state index is 0.0413. The fraction of sp³-hybridized carbons (Fsp3) is 0.133. The van der Waals surface area contributed by atoms with Crippen molar-refractivity contribution in [2.24, 2.45) is 0 Å². The van der Waals surface area contributed by atoms with E-state index in [4.69, 9.17) is 0 Å². The molecule has 4 rings (SSSR count). The van der Waals surface area contributed by atoms with E-state index in [-0.39, 0.29) is 17.1 Å². The van der Waals surface area contributed by atoms with E-state index in [1.807, 2.05) is 19.1 Å². The first-order valence-electron chi connectivity index (χ1n) is 12.7. The lowest BCUT2D eigenvalue weighted by atomic mass is 9.34. The van der Waals surface area contributed by atoms with Crippen LogP contribution < -0.4 is 10.9 Å². The molecule has 0 bridgehead atoms. The van der Waals surface area contributed by atoms with Gasteiger partial charge in [-0.25, -0.2) is 0 Å². The Bertz CT molecular complexity index is 1550. The Morgan fingerprint density at radius 1 is 0.610 bits per heavy atom. The second kappa shape index (κ2) is 12.7. The number of nitro groups is 3. The predicted octanol–water partition coefficient (Wildman–Crippen LogP) is 6.22. The molecule has 0 aliphatic rings. The fourth-order valence-corrected chi connectivity index (χ4v) is 5.77. The number of aryl methyl sites for hydroxylation is 1. The van der Waals surface area contributed by atoms with Crippen molar-refractivity contribution >= 4 is 53.7 Å². The summed E-state index contributed by atoms with van der Waals surface area (Å²) in [5, 5.41) is 34.3. The lowest BCUT2D eigenvalue weighted by molar-refractivity contribution is -0.385. The third-order valence-corrected chi connectivity index (χ3v) is 7.70. The van der Waals surface area contributed by atoms with Crippen LogP contribution in [-0.2, 0) is 0 Å². The topological polar surface area (TPSA) is 129 Å². The van der Waals surface area contributed by atoms with Crippen molar-refractivity contribution in [2.75, 3.05) is 19.5 Å². The van der Waals surface area contributed by atoms with Crippen LogP contribution in [0, 0.1) is 37.3 Å². The Kier molecular flexibility index (Phi) is 9.05. The first-order chi connectivity index (χ1) is 19.5. The molecule has 0 spiro atoms. The first kappa shape index (κ1) is 29.3. The van der Waals surface area contributed by atoms with Crippen LogP contribution in [0.5, 0.6) is 0 Å². The first-order valence-corrected chi connectivity index (χ1v) is 15.2. The highest BCUT2D eigenvalue weighted by Crippen LogP contribution is 2.38. The number of allylic oxidation sites excluding steroid dienone is 1. The molecule has 0 atom stereocenters. The van der Waals surface area contributed by atoms with E-state index in [0.717, 1.165) is 44.8 Å². The molecule has 9 nitrogen and oxygen atoms in total. The van der Waals surface area contributed by atoms with Gasteiger partial charge in [0.1, 0.15) is 0 Å². The van der Waals surface area contributed by atoms with E-state index in [9.17, 15) is 30.3 Å². The minimum Gasteiger partial charge on any atom is -0.258 e. The van der Waals surface area contributed by atoms with Crippen LogP contribution in [0.15, 0.2) is 97.1 Å². The Labute approximate surface area is 238 Å². The van der Waals surface area contributed by atoms with Gasteiger partial charge in [-0.05, 0) is 55.2 Å². The highest BCUT2D eigenvalue weighted by Gasteiger charge is 2.30. The highest BCUT2D eigenvalue weighted by molar-refractivity contribution is 7.56. The van der Waals surface area contributed by atoms with Gasteiger partial charge in [0, 0.05) is 36.4 Å². The molecule has 0 aromatic heterocycles. The van der Waals surface area contributed by atoms with Crippen LogP contribution in [0.4, 0.5) is 17.1 Å². The lowest BCUT2D eigenvalue weighted by Gasteiger charge is -2.25. The molecule has 0 heterocycles. The average Bonchev–Trinajstić information content (AvgIpc) is 2.95. The maximum absolute atomic E-state index is 11.5. The summed E-state index contributed by atoms with van der Waals surface area (Å²) in [7, 11) is -0.445. The molecular formula is C30H27BN3O6P. The van der Waals surface area contributed by atoms with E-state index in [2.05, 4.69) is 25.5 Å². The smallest absolute Gasteiger partial charge is 0.258 e. The van der Waals surface area contributed by atoms with Crippen LogP contribution >= 0.6 is 7.92 Å². The third kappa shape index (κ3) is 6.91. The summed E-state index contributed by atoms with van der Waals surface area (Å²) in [6, 6.07) is 27.1. The summed E-state index contributed by atoms with van der Waals surface area (Å²) in [6.45, 7) is 5.87. The lowest BCUT2D eigenvalue weighted by Crippen LogP contribution is -2.44. The van der Waals surface area contributed by atoms with Crippen molar-refractivity contribution in [1.82, 2.24) is 0 Å². The third-order valence-electron chi connectivity index (χ3n) is 6.75. The van der Waals surface area contributed by atoms with Crippen molar-refractivity contribution in [3.8, 4) is 0 Å². The zero-order valence-corrected chi connectivity index (χ0v) is 23.7. The van der Waals surface area contributed by atoms with Crippen LogP contribution in [0.1, 0.15) is 16.7 Å². The van der Waals surface area contributed by atoms with Gasteiger partial charge in [-0.15, -0.1) is 7.92 Å². The molecular weight excluding hydrogens is 540 g/mol. The van der Waals surface area contributed by atoms with E-state index < -0.39 is 29.4 Å². The van der Waals surface area contributed by atoms with E-state index in [0.29, 0.717) is 0 Å². The Balaban J connectivity index is 2.09. The van der Waals surface area contributed by atoms with E-state index in [1.165, 1.54) is 36.4 Å². The van der Waals surface area contributed by atoms with Gasteiger partial charge in [0.15, 0.2) is 0 Å². The Morgan fingerprint density at radius 2 is 0.976 bits per heavy atom. The molecule has 4 aromatic rings. The van der Waals surface area contributed by atoms with Crippen LogP contribution in [0.3, 0.4) is 0 Å². The number of rotatable bonds is 10. The summed E-state index contributed by atoms with van der Waals surface area (Å²) < 4.78 is 0. The van der Waals surface area contributed by atoms with Crippen LogP contribution in [0.2, 0.25) is 0 Å². The Hall–Kier alpha value is -4.69. The maximum Gasteiger partial charge on any atom is 0.269 e. The van der Waals surface area contributed by atoms with Crippen molar-refractivity contribution in [3.05, 3.63) is 144 Å². The molecule has 0 fully saturated rings. The van der Waals surface area contributed by atoms with E-state index >= 15 is 0 Å². The van der Waals surface area contributed by atoms with Gasteiger partial charge >= 0.3 is 0 Å². The predicted molar refractivity (Wildman–Crippen MR) is 166 cm³/mol. The van der Waals surface area contributed by atoms with Crippen molar-refractivity contribution < 1.29 is 14.8 Å². The highest BCUT2D eigenvalue weighted by atomic mass is 31.1. The number of hydrogen-bond donors (Lipinski definition) is 0. The van der Waals surface area contributed by atoms with Gasteiger partial charge in [0.2, 0.25) is 6.71 Å². The van der Waals surface area contributed by atoms with Crippen molar-refractivity contribution in [2.45, 2.75) is 6.92 Å². The average molecular weight is 567 g/mol. The number of nitrogens with zero attached hydrogens (tertiary/aromatic N) is 3. The second-order valence-electron chi connectivity index (χ2n) is 9.93. The number of benzene rings is 4. The van der Waals surface area contributed by atoms with Gasteiger partial charge < -0.3 is 0 Å². The largest absolute Gasteiger partial charge is 0.269 e. The SMILES string of the molecule is Cc1ccc(/C(CP(C)C)=C(/B(c2ccc([N+](=O)[O-])cc2)c2ccc([N+](=O)[O-])cc2)c2ccc([N+](=O)[O-])cc2)cc1. The molecule has 0 aliphatic carbocycles. The van der Waals surface area contributed by atoms with Gasteiger partial charge in [0.25, 0.3) is 17.1 Å². The summed E-state index contributed by atoms with van der Waals surface area (Å²) in [5.41, 5.74) is 6.11. The van der Waals surface area contributed by atoms with Gasteiger partial charge in [0.05, 0.1) is 14.8 Å². The zero-order valence-electron chi connectivity index (χ0n) is 22.8. The number of hydrogen-bond acceptors (Lipinski definition) is 6. The normalized spacial score (nSPS) is 11.6. The minimum atomic E-state index is -0.482. The van der Waals surface area contributed by atoms with Crippen molar-refractivity contribution in [3.63, 3.8) is 0 Å². The molecule has 0 aliphatic heterocycles. The molecule has 4 aromatic carbocycles. The molecule has 0 saturated carbocycles. The molecule has 41 heavy (non-hydrogen) atoms. The molecule has 0 saturated heterocycles. The van der Waals surface area contributed by atoms with Gasteiger partial charge in [-0.3, -0.25) is 30.3 Å². The molecule has 11 heteroatoms. The van der Waals surface area contributed by atoms with Crippen LogP contribution in [-0.4, -0.2) is 41.0 Å². The summed E-state index contributed by atoms with van der Waals surface area (Å²) in [5.74, 6) is 0. The van der Waals surface area contributed by atoms with Crippen molar-refractivity contribution in [1.29, 1.82) is 0 Å². The molecule has 0 N–H and O–H groups in total. The maximum atomic E-state index is 11.5. The summed E-state index contributed by atoms with van der Waals surface area (Å²) >= 11 is 0. The number of non-ortho nitro benzene ring substituents is 3. The fourth-order valence-electron chi connectivity index (χ4n) is 4.78. The molecule has 0 unspecified atom stereocenters. The summed E-state index contributed by atoms with van der Waals surface area (Å²) in [6.07, 6.45) is 0.737. The Morgan fingerprint density at radius 3 is 1.34 bits per heavy atom.